The standard InChI is InChI=1S/C28H33N3O6S/c1-20-11-13-22(14-12-20)18-30(21(2)28(33)29-3)27(32)19-31(38(34,35)24-9-7-6-8-10-24)23-15-16-25(36-4)26(17-23)37-5/h6-17,21H,18-19H2,1-5H3,(H,29,33)/t21-/m1/s1. The van der Waals surface area contributed by atoms with Crippen molar-refractivity contribution in [3.63, 3.8) is 0 Å². The van der Waals surface area contributed by atoms with Crippen LogP contribution in [0.25, 0.3) is 0 Å². The second-order valence-electron chi connectivity index (χ2n) is 8.66. The Bertz CT molecular complexity index is 1360. The van der Waals surface area contributed by atoms with Crippen molar-refractivity contribution >= 4 is 27.5 Å². The molecule has 0 unspecified atom stereocenters. The Morgan fingerprint density at radius 2 is 1.55 bits per heavy atom. The van der Waals surface area contributed by atoms with E-state index >= 15 is 0 Å². The predicted molar refractivity (Wildman–Crippen MR) is 146 cm³/mol. The summed E-state index contributed by atoms with van der Waals surface area (Å²) in [5.74, 6) is -0.195. The van der Waals surface area contributed by atoms with E-state index in [0.717, 1.165) is 15.4 Å². The lowest BCUT2D eigenvalue weighted by Crippen LogP contribution is -2.50. The Morgan fingerprint density at radius 1 is 0.921 bits per heavy atom. The van der Waals surface area contributed by atoms with Gasteiger partial charge in [0.15, 0.2) is 11.5 Å². The molecule has 10 heteroatoms. The number of benzene rings is 3. The number of ether oxygens (including phenoxy) is 2. The molecule has 0 saturated carbocycles. The Hall–Kier alpha value is -4.05. The number of carbonyl (C=O) groups excluding carboxylic acids is 2. The molecule has 3 rings (SSSR count). The van der Waals surface area contributed by atoms with Crippen molar-refractivity contribution in [2.45, 2.75) is 31.3 Å². The fourth-order valence-corrected chi connectivity index (χ4v) is 5.34. The number of likely N-dealkylation sites (N-methyl/N-ethyl adjacent to an activating group) is 1. The van der Waals surface area contributed by atoms with Crippen molar-refractivity contribution in [3.8, 4) is 11.5 Å². The van der Waals surface area contributed by atoms with Gasteiger partial charge in [-0.25, -0.2) is 8.42 Å². The average Bonchev–Trinajstić information content (AvgIpc) is 2.94. The highest BCUT2D eigenvalue weighted by Crippen LogP contribution is 2.34. The van der Waals surface area contributed by atoms with Gasteiger partial charge in [0.25, 0.3) is 10.0 Å². The quantitative estimate of drug-likeness (QED) is 0.401. The second kappa shape index (κ2) is 12.5. The molecule has 3 aromatic carbocycles. The monoisotopic (exact) mass is 539 g/mol. The molecule has 0 aliphatic rings. The average molecular weight is 540 g/mol. The van der Waals surface area contributed by atoms with Gasteiger partial charge in [-0.1, -0.05) is 48.0 Å². The summed E-state index contributed by atoms with van der Waals surface area (Å²) < 4.78 is 39.3. The summed E-state index contributed by atoms with van der Waals surface area (Å²) in [5.41, 5.74) is 2.07. The zero-order valence-electron chi connectivity index (χ0n) is 22.2. The van der Waals surface area contributed by atoms with E-state index in [1.54, 1.807) is 37.3 Å². The van der Waals surface area contributed by atoms with E-state index in [1.807, 2.05) is 31.2 Å². The number of rotatable bonds is 11. The summed E-state index contributed by atoms with van der Waals surface area (Å²) in [6.45, 7) is 3.14. The van der Waals surface area contributed by atoms with Crippen LogP contribution in [0, 0.1) is 6.92 Å². The van der Waals surface area contributed by atoms with E-state index in [4.69, 9.17) is 9.47 Å². The van der Waals surface area contributed by atoms with Crippen LogP contribution in [-0.4, -0.2) is 59.0 Å². The molecule has 2 amide bonds. The molecule has 0 aliphatic heterocycles. The highest BCUT2D eigenvalue weighted by Gasteiger charge is 2.32. The summed E-state index contributed by atoms with van der Waals surface area (Å²) in [6.07, 6.45) is 0. The van der Waals surface area contributed by atoms with Crippen LogP contribution in [0.1, 0.15) is 18.1 Å². The molecule has 202 valence electrons. The summed E-state index contributed by atoms with van der Waals surface area (Å²) in [5, 5.41) is 2.57. The van der Waals surface area contributed by atoms with Crippen LogP contribution < -0.4 is 19.1 Å². The fraction of sp³-hybridized carbons (Fsp3) is 0.286. The van der Waals surface area contributed by atoms with E-state index in [0.29, 0.717) is 11.5 Å². The lowest BCUT2D eigenvalue weighted by Gasteiger charge is -2.32. The zero-order chi connectivity index (χ0) is 27.9. The Labute approximate surface area is 224 Å². The molecule has 1 atom stereocenters. The van der Waals surface area contributed by atoms with Crippen molar-refractivity contribution in [3.05, 3.63) is 83.9 Å². The molecular formula is C28H33N3O6S. The molecule has 0 radical (unpaired) electrons. The Balaban J connectivity index is 2.07. The summed E-state index contributed by atoms with van der Waals surface area (Å²) >= 11 is 0. The third-order valence-electron chi connectivity index (χ3n) is 6.15. The van der Waals surface area contributed by atoms with Crippen LogP contribution in [0.15, 0.2) is 77.7 Å². The van der Waals surface area contributed by atoms with Crippen LogP contribution in [0.5, 0.6) is 11.5 Å². The fourth-order valence-electron chi connectivity index (χ4n) is 3.91. The first kappa shape index (κ1) is 28.5. The Morgan fingerprint density at radius 3 is 2.13 bits per heavy atom. The van der Waals surface area contributed by atoms with Crippen molar-refractivity contribution in [1.82, 2.24) is 10.2 Å². The lowest BCUT2D eigenvalue weighted by molar-refractivity contribution is -0.139. The number of nitrogens with zero attached hydrogens (tertiary/aromatic N) is 2. The number of sulfonamides is 1. The first-order valence-corrected chi connectivity index (χ1v) is 13.4. The highest BCUT2D eigenvalue weighted by atomic mass is 32.2. The third-order valence-corrected chi connectivity index (χ3v) is 7.94. The minimum Gasteiger partial charge on any atom is -0.493 e. The van der Waals surface area contributed by atoms with E-state index in [1.165, 1.54) is 44.4 Å². The summed E-state index contributed by atoms with van der Waals surface area (Å²) in [6, 6.07) is 19.2. The van der Waals surface area contributed by atoms with Crippen LogP contribution in [0.3, 0.4) is 0 Å². The van der Waals surface area contributed by atoms with Gasteiger partial charge < -0.3 is 19.7 Å². The maximum Gasteiger partial charge on any atom is 0.264 e. The number of nitrogens with one attached hydrogen (secondary N) is 1. The number of carbonyl (C=O) groups is 2. The molecule has 9 nitrogen and oxygen atoms in total. The van der Waals surface area contributed by atoms with Crippen LogP contribution >= 0.6 is 0 Å². The van der Waals surface area contributed by atoms with Gasteiger partial charge in [0.2, 0.25) is 11.8 Å². The molecule has 0 fully saturated rings. The van der Waals surface area contributed by atoms with Gasteiger partial charge in [-0.3, -0.25) is 13.9 Å². The minimum atomic E-state index is -4.17. The van der Waals surface area contributed by atoms with Crippen molar-refractivity contribution < 1.29 is 27.5 Å². The topological polar surface area (TPSA) is 105 Å². The number of hydrogen-bond acceptors (Lipinski definition) is 6. The molecule has 3 aromatic rings. The third kappa shape index (κ3) is 6.44. The van der Waals surface area contributed by atoms with Gasteiger partial charge in [-0.2, -0.15) is 0 Å². The molecule has 0 saturated heterocycles. The minimum absolute atomic E-state index is 0.0204. The Kier molecular flexibility index (Phi) is 9.35. The predicted octanol–water partition coefficient (Wildman–Crippen LogP) is 3.37. The number of anilines is 1. The molecule has 0 bridgehead atoms. The number of aryl methyl sites for hydroxylation is 1. The first-order valence-electron chi connectivity index (χ1n) is 12.0. The molecule has 1 N–H and O–H groups in total. The molecule has 0 heterocycles. The smallest absolute Gasteiger partial charge is 0.264 e. The van der Waals surface area contributed by atoms with Gasteiger partial charge >= 0.3 is 0 Å². The SMILES string of the molecule is CNC(=O)[C@@H](C)N(Cc1ccc(C)cc1)C(=O)CN(c1ccc(OC)c(OC)c1)S(=O)(=O)c1ccccc1. The van der Waals surface area contributed by atoms with E-state index < -0.39 is 28.5 Å². The van der Waals surface area contributed by atoms with E-state index in [2.05, 4.69) is 5.32 Å². The zero-order valence-corrected chi connectivity index (χ0v) is 23.0. The van der Waals surface area contributed by atoms with Gasteiger partial charge in [-0.05, 0) is 43.7 Å². The van der Waals surface area contributed by atoms with Gasteiger partial charge in [0.1, 0.15) is 12.6 Å². The van der Waals surface area contributed by atoms with Crippen LogP contribution in [0.4, 0.5) is 5.69 Å². The number of amides is 2. The number of methoxy groups -OCH3 is 2. The second-order valence-corrected chi connectivity index (χ2v) is 10.5. The van der Waals surface area contributed by atoms with E-state index in [-0.39, 0.29) is 23.0 Å². The highest BCUT2D eigenvalue weighted by molar-refractivity contribution is 7.92. The maximum atomic E-state index is 13.8. The summed E-state index contributed by atoms with van der Waals surface area (Å²) in [4.78, 5) is 27.8. The number of hydrogen-bond donors (Lipinski definition) is 1. The normalized spacial score (nSPS) is 11.8. The molecule has 0 spiro atoms. The van der Waals surface area contributed by atoms with Crippen molar-refractivity contribution in [2.75, 3.05) is 32.1 Å². The van der Waals surface area contributed by atoms with Crippen LogP contribution in [-0.2, 0) is 26.2 Å². The maximum absolute atomic E-state index is 13.8. The lowest BCUT2D eigenvalue weighted by atomic mass is 10.1. The van der Waals surface area contributed by atoms with Crippen molar-refractivity contribution in [1.29, 1.82) is 0 Å². The summed E-state index contributed by atoms with van der Waals surface area (Å²) in [7, 11) is 0.237. The first-order chi connectivity index (χ1) is 18.1. The molecule has 0 aromatic heterocycles. The molecule has 38 heavy (non-hydrogen) atoms. The van der Waals surface area contributed by atoms with E-state index in [9.17, 15) is 18.0 Å². The van der Waals surface area contributed by atoms with Crippen molar-refractivity contribution in [2.24, 2.45) is 0 Å². The largest absolute Gasteiger partial charge is 0.493 e. The molecule has 0 aliphatic carbocycles. The molecular weight excluding hydrogens is 506 g/mol. The van der Waals surface area contributed by atoms with Gasteiger partial charge in [-0.15, -0.1) is 0 Å². The van der Waals surface area contributed by atoms with Gasteiger partial charge in [0, 0.05) is 19.7 Å². The van der Waals surface area contributed by atoms with Gasteiger partial charge in [0.05, 0.1) is 24.8 Å². The van der Waals surface area contributed by atoms with Crippen LogP contribution in [0.2, 0.25) is 0 Å².